The quantitative estimate of drug-likeness (QED) is 0.919. The Balaban J connectivity index is 2.16. The summed E-state index contributed by atoms with van der Waals surface area (Å²) >= 11 is 11.6. The van der Waals surface area contributed by atoms with Crippen LogP contribution in [0.1, 0.15) is 16.1 Å². The first-order valence-electron chi connectivity index (χ1n) is 5.13. The summed E-state index contributed by atoms with van der Waals surface area (Å²) in [5.41, 5.74) is 1.74. The average Bonchev–Trinajstić information content (AvgIpc) is 2.34. The van der Waals surface area contributed by atoms with Gasteiger partial charge in [0.15, 0.2) is 10.8 Å². The third-order valence-corrected chi connectivity index (χ3v) is 2.90. The van der Waals surface area contributed by atoms with E-state index in [4.69, 9.17) is 23.2 Å². The number of benzene rings is 1. The van der Waals surface area contributed by atoms with E-state index < -0.39 is 0 Å². The Morgan fingerprint density at radius 3 is 2.56 bits per heavy atom. The van der Waals surface area contributed by atoms with Gasteiger partial charge in [-0.1, -0.05) is 29.3 Å². The molecule has 0 aliphatic rings. The molecule has 6 heteroatoms. The number of amides is 1. The first-order chi connectivity index (χ1) is 8.56. The Bertz CT molecular complexity index is 584. The fourth-order valence-electron chi connectivity index (χ4n) is 1.30. The molecule has 0 radical (unpaired) electrons. The fourth-order valence-corrected chi connectivity index (χ4v) is 1.58. The largest absolute Gasteiger partial charge is 0.321 e. The van der Waals surface area contributed by atoms with Crippen LogP contribution < -0.4 is 5.32 Å². The van der Waals surface area contributed by atoms with Gasteiger partial charge in [-0.25, -0.2) is 0 Å². The molecule has 2 rings (SSSR count). The topological polar surface area (TPSA) is 54.9 Å². The summed E-state index contributed by atoms with van der Waals surface area (Å²) in [6.07, 6.45) is 0. The number of rotatable bonds is 2. The van der Waals surface area contributed by atoms with Gasteiger partial charge in [0.1, 0.15) is 0 Å². The second-order valence-electron chi connectivity index (χ2n) is 3.66. The van der Waals surface area contributed by atoms with E-state index in [1.807, 2.05) is 13.0 Å². The van der Waals surface area contributed by atoms with Crippen LogP contribution >= 0.6 is 23.2 Å². The highest BCUT2D eigenvalue weighted by Gasteiger charge is 2.08. The van der Waals surface area contributed by atoms with Crippen molar-refractivity contribution < 1.29 is 4.79 Å². The number of hydrogen-bond acceptors (Lipinski definition) is 3. The third kappa shape index (κ3) is 2.97. The molecule has 0 fully saturated rings. The maximum Gasteiger partial charge on any atom is 0.276 e. The monoisotopic (exact) mass is 281 g/mol. The Morgan fingerprint density at radius 2 is 1.94 bits per heavy atom. The van der Waals surface area contributed by atoms with Gasteiger partial charge in [0.2, 0.25) is 0 Å². The molecule has 0 unspecified atom stereocenters. The minimum atomic E-state index is -0.362. The van der Waals surface area contributed by atoms with Crippen molar-refractivity contribution in [1.82, 2.24) is 10.2 Å². The molecule has 92 valence electrons. The number of carbonyl (C=O) groups is 1. The number of nitrogens with one attached hydrogen (secondary N) is 1. The van der Waals surface area contributed by atoms with E-state index in [0.29, 0.717) is 10.7 Å². The van der Waals surface area contributed by atoms with E-state index in [1.54, 1.807) is 12.1 Å². The summed E-state index contributed by atoms with van der Waals surface area (Å²) in [5, 5.41) is 10.8. The minimum Gasteiger partial charge on any atom is -0.321 e. The molecule has 0 aliphatic carbocycles. The lowest BCUT2D eigenvalue weighted by Crippen LogP contribution is -2.14. The van der Waals surface area contributed by atoms with Crippen molar-refractivity contribution in [3.63, 3.8) is 0 Å². The number of nitrogens with zero attached hydrogens (tertiary/aromatic N) is 2. The third-order valence-electron chi connectivity index (χ3n) is 2.29. The molecule has 0 saturated carbocycles. The molecule has 1 heterocycles. The number of anilines is 1. The molecule has 0 bridgehead atoms. The standard InChI is InChI=1S/C12H9Cl2N3O/c1-7-2-3-8(6-9(7)13)15-12(18)10-4-5-11(14)17-16-10/h2-6H,1H3,(H,15,18). The molecule has 2 aromatic rings. The molecule has 4 nitrogen and oxygen atoms in total. The fraction of sp³-hybridized carbons (Fsp3) is 0.0833. The number of carbonyl (C=O) groups excluding carboxylic acids is 1. The molecule has 1 amide bonds. The Morgan fingerprint density at radius 1 is 1.17 bits per heavy atom. The highest BCUT2D eigenvalue weighted by Crippen LogP contribution is 2.20. The van der Waals surface area contributed by atoms with Crippen LogP contribution in [0.3, 0.4) is 0 Å². The lowest BCUT2D eigenvalue weighted by atomic mass is 10.2. The van der Waals surface area contributed by atoms with E-state index in [1.165, 1.54) is 12.1 Å². The molecule has 0 aliphatic heterocycles. The number of halogens is 2. The summed E-state index contributed by atoms with van der Waals surface area (Å²) in [4.78, 5) is 11.8. The zero-order valence-electron chi connectivity index (χ0n) is 9.45. The summed E-state index contributed by atoms with van der Waals surface area (Å²) < 4.78 is 0. The van der Waals surface area contributed by atoms with Crippen LogP contribution in [0.15, 0.2) is 30.3 Å². The Kier molecular flexibility index (Phi) is 3.79. The first kappa shape index (κ1) is 12.8. The van der Waals surface area contributed by atoms with E-state index in [9.17, 15) is 4.79 Å². The normalized spacial score (nSPS) is 10.2. The van der Waals surface area contributed by atoms with Crippen molar-refractivity contribution in [2.75, 3.05) is 5.32 Å². The number of aromatic nitrogens is 2. The van der Waals surface area contributed by atoms with E-state index in [-0.39, 0.29) is 16.8 Å². The number of hydrogen-bond donors (Lipinski definition) is 1. The van der Waals surface area contributed by atoms with Crippen molar-refractivity contribution in [2.45, 2.75) is 6.92 Å². The summed E-state index contributed by atoms with van der Waals surface area (Å²) in [5.74, 6) is -0.362. The van der Waals surface area contributed by atoms with Gasteiger partial charge < -0.3 is 5.32 Å². The maximum atomic E-state index is 11.8. The molecule has 0 saturated heterocycles. The lowest BCUT2D eigenvalue weighted by molar-refractivity contribution is 0.102. The van der Waals surface area contributed by atoms with Gasteiger partial charge in [0, 0.05) is 10.7 Å². The van der Waals surface area contributed by atoms with Crippen molar-refractivity contribution in [1.29, 1.82) is 0 Å². The van der Waals surface area contributed by atoms with E-state index in [0.717, 1.165) is 5.56 Å². The molecule has 1 aromatic carbocycles. The average molecular weight is 282 g/mol. The second-order valence-corrected chi connectivity index (χ2v) is 4.45. The van der Waals surface area contributed by atoms with Gasteiger partial charge in [-0.15, -0.1) is 10.2 Å². The van der Waals surface area contributed by atoms with E-state index in [2.05, 4.69) is 15.5 Å². The zero-order valence-corrected chi connectivity index (χ0v) is 11.0. The second kappa shape index (κ2) is 5.33. The molecule has 0 spiro atoms. The molecule has 1 N–H and O–H groups in total. The summed E-state index contributed by atoms with van der Waals surface area (Å²) in [6.45, 7) is 1.89. The van der Waals surface area contributed by atoms with Gasteiger partial charge in [-0.2, -0.15) is 0 Å². The van der Waals surface area contributed by atoms with E-state index >= 15 is 0 Å². The van der Waals surface area contributed by atoms with Crippen LogP contribution in [0.5, 0.6) is 0 Å². The highest BCUT2D eigenvalue weighted by atomic mass is 35.5. The van der Waals surface area contributed by atoms with Crippen LogP contribution in [0.2, 0.25) is 10.2 Å². The van der Waals surface area contributed by atoms with Crippen LogP contribution in [0, 0.1) is 6.92 Å². The predicted molar refractivity (Wildman–Crippen MR) is 71.2 cm³/mol. The smallest absolute Gasteiger partial charge is 0.276 e. The van der Waals surface area contributed by atoms with Crippen LogP contribution in [-0.4, -0.2) is 16.1 Å². The van der Waals surface area contributed by atoms with Crippen molar-refractivity contribution in [3.05, 3.63) is 51.8 Å². The molecule has 0 atom stereocenters. The lowest BCUT2D eigenvalue weighted by Gasteiger charge is -2.05. The van der Waals surface area contributed by atoms with Crippen LogP contribution in [0.25, 0.3) is 0 Å². The minimum absolute atomic E-state index is 0.191. The molecular weight excluding hydrogens is 273 g/mol. The highest BCUT2D eigenvalue weighted by molar-refractivity contribution is 6.31. The van der Waals surface area contributed by atoms with Gasteiger partial charge in [0.05, 0.1) is 0 Å². The Labute approximate surface area is 114 Å². The van der Waals surface area contributed by atoms with Crippen molar-refractivity contribution >= 4 is 34.8 Å². The number of aryl methyl sites for hydroxylation is 1. The molecule has 18 heavy (non-hydrogen) atoms. The van der Waals surface area contributed by atoms with Gasteiger partial charge in [-0.3, -0.25) is 4.79 Å². The SMILES string of the molecule is Cc1ccc(NC(=O)c2ccc(Cl)nn2)cc1Cl. The van der Waals surface area contributed by atoms with Gasteiger partial charge in [-0.05, 0) is 36.8 Å². The summed E-state index contributed by atoms with van der Waals surface area (Å²) in [6, 6.07) is 8.28. The molecular formula is C12H9Cl2N3O. The van der Waals surface area contributed by atoms with Gasteiger partial charge in [0.25, 0.3) is 5.91 Å². The maximum absolute atomic E-state index is 11.8. The first-order valence-corrected chi connectivity index (χ1v) is 5.88. The van der Waals surface area contributed by atoms with Crippen LogP contribution in [-0.2, 0) is 0 Å². The van der Waals surface area contributed by atoms with Crippen LogP contribution in [0.4, 0.5) is 5.69 Å². The Hall–Kier alpha value is -1.65. The van der Waals surface area contributed by atoms with Gasteiger partial charge >= 0.3 is 0 Å². The summed E-state index contributed by atoms with van der Waals surface area (Å²) in [7, 11) is 0. The van der Waals surface area contributed by atoms with Crippen molar-refractivity contribution in [3.8, 4) is 0 Å². The van der Waals surface area contributed by atoms with Crippen molar-refractivity contribution in [2.24, 2.45) is 0 Å². The zero-order chi connectivity index (χ0) is 13.1. The predicted octanol–water partition coefficient (Wildman–Crippen LogP) is 3.34. The molecule has 1 aromatic heterocycles.